The number of carboxylic acid groups (broad SMARTS) is 1. The van der Waals surface area contributed by atoms with Crippen LogP contribution in [0.15, 0.2) is 24.3 Å². The van der Waals surface area contributed by atoms with E-state index in [1.807, 2.05) is 0 Å². The third-order valence-electron chi connectivity index (χ3n) is 2.39. The van der Waals surface area contributed by atoms with E-state index in [1.165, 1.54) is 6.07 Å². The lowest BCUT2D eigenvalue weighted by molar-refractivity contribution is -0.137. The Kier molecular flexibility index (Phi) is 5.05. The summed E-state index contributed by atoms with van der Waals surface area (Å²) in [5.74, 6) is -1.37. The molecule has 0 saturated carbocycles. The standard InChI is InChI=1S/C14H16F3NO4/c1-13(2,3)22-12(21)18(8-11(19)20)10-6-4-5-9(7-10)14(15,16)17/h4-7H,8H2,1-3H3,(H,19,20). The summed E-state index contributed by atoms with van der Waals surface area (Å²) in [4.78, 5) is 23.5. The molecule has 0 atom stereocenters. The van der Waals surface area contributed by atoms with Gasteiger partial charge < -0.3 is 9.84 Å². The van der Waals surface area contributed by atoms with E-state index in [9.17, 15) is 22.8 Å². The second kappa shape index (κ2) is 6.25. The van der Waals surface area contributed by atoms with Gasteiger partial charge in [-0.15, -0.1) is 0 Å². The fourth-order valence-electron chi connectivity index (χ4n) is 1.56. The summed E-state index contributed by atoms with van der Waals surface area (Å²) in [6.07, 6.45) is -5.63. The Balaban J connectivity index is 3.17. The molecule has 0 aromatic heterocycles. The molecular formula is C14H16F3NO4. The highest BCUT2D eigenvalue weighted by molar-refractivity contribution is 5.93. The number of nitrogens with zero attached hydrogens (tertiary/aromatic N) is 1. The lowest BCUT2D eigenvalue weighted by Gasteiger charge is -2.26. The number of amides is 1. The molecule has 0 unspecified atom stereocenters. The smallest absolute Gasteiger partial charge is 0.416 e. The summed E-state index contributed by atoms with van der Waals surface area (Å²) >= 11 is 0. The highest BCUT2D eigenvalue weighted by Gasteiger charge is 2.32. The molecule has 0 aliphatic rings. The number of ether oxygens (including phenoxy) is 1. The number of rotatable bonds is 3. The Bertz CT molecular complexity index is 564. The quantitative estimate of drug-likeness (QED) is 0.925. The van der Waals surface area contributed by atoms with Gasteiger partial charge in [-0.1, -0.05) is 6.07 Å². The number of benzene rings is 1. The zero-order chi connectivity index (χ0) is 17.1. The predicted octanol–water partition coefficient (Wildman–Crippen LogP) is 3.53. The summed E-state index contributed by atoms with van der Waals surface area (Å²) < 4.78 is 43.2. The van der Waals surface area contributed by atoms with Gasteiger partial charge in [-0.25, -0.2) is 4.79 Å². The van der Waals surface area contributed by atoms with E-state index in [2.05, 4.69) is 0 Å². The van der Waals surface area contributed by atoms with Crippen molar-refractivity contribution in [1.29, 1.82) is 0 Å². The first-order chi connectivity index (χ1) is 9.90. The molecule has 8 heteroatoms. The molecule has 0 heterocycles. The minimum atomic E-state index is -4.60. The summed E-state index contributed by atoms with van der Waals surface area (Å²) in [6.45, 7) is 3.89. The topological polar surface area (TPSA) is 66.8 Å². The Labute approximate surface area is 125 Å². The second-order valence-electron chi connectivity index (χ2n) is 5.51. The molecular weight excluding hydrogens is 303 g/mol. The van der Waals surface area contributed by atoms with E-state index in [1.54, 1.807) is 20.8 Å². The minimum Gasteiger partial charge on any atom is -0.480 e. The minimum absolute atomic E-state index is 0.202. The van der Waals surface area contributed by atoms with Crippen molar-refractivity contribution in [2.75, 3.05) is 11.4 Å². The largest absolute Gasteiger partial charge is 0.480 e. The SMILES string of the molecule is CC(C)(C)OC(=O)N(CC(=O)O)c1cccc(C(F)(F)F)c1. The third kappa shape index (κ3) is 5.27. The number of hydrogen-bond acceptors (Lipinski definition) is 3. The van der Waals surface area contributed by atoms with Crippen LogP contribution in [0.2, 0.25) is 0 Å². The van der Waals surface area contributed by atoms with Gasteiger partial charge in [-0.3, -0.25) is 9.69 Å². The van der Waals surface area contributed by atoms with Crippen molar-refractivity contribution in [3.63, 3.8) is 0 Å². The van der Waals surface area contributed by atoms with Crippen LogP contribution in [-0.4, -0.2) is 29.3 Å². The third-order valence-corrected chi connectivity index (χ3v) is 2.39. The molecule has 1 aromatic rings. The molecule has 1 amide bonds. The van der Waals surface area contributed by atoms with Gasteiger partial charge in [0.1, 0.15) is 12.1 Å². The van der Waals surface area contributed by atoms with Gasteiger partial charge in [0.2, 0.25) is 0 Å². The number of alkyl halides is 3. The second-order valence-corrected chi connectivity index (χ2v) is 5.51. The molecule has 1 rings (SSSR count). The zero-order valence-electron chi connectivity index (χ0n) is 12.3. The number of carboxylic acids is 1. The lowest BCUT2D eigenvalue weighted by atomic mass is 10.2. The van der Waals surface area contributed by atoms with Crippen molar-refractivity contribution in [3.05, 3.63) is 29.8 Å². The fourth-order valence-corrected chi connectivity index (χ4v) is 1.56. The molecule has 122 valence electrons. The van der Waals surface area contributed by atoms with Crippen molar-refractivity contribution < 1.29 is 32.6 Å². The maximum absolute atomic E-state index is 12.7. The average molecular weight is 319 g/mol. The van der Waals surface area contributed by atoms with E-state index in [-0.39, 0.29) is 5.69 Å². The van der Waals surface area contributed by atoms with Gasteiger partial charge in [0, 0.05) is 5.69 Å². The van der Waals surface area contributed by atoms with Crippen LogP contribution >= 0.6 is 0 Å². The molecule has 22 heavy (non-hydrogen) atoms. The molecule has 0 spiro atoms. The van der Waals surface area contributed by atoms with E-state index in [4.69, 9.17) is 9.84 Å². The number of hydrogen-bond donors (Lipinski definition) is 1. The van der Waals surface area contributed by atoms with Crippen LogP contribution in [0.25, 0.3) is 0 Å². The number of halogens is 3. The normalized spacial score (nSPS) is 11.9. The first kappa shape index (κ1) is 17.8. The summed E-state index contributed by atoms with van der Waals surface area (Å²) in [5.41, 5.74) is -2.09. The molecule has 0 saturated heterocycles. The van der Waals surface area contributed by atoms with Crippen LogP contribution in [0.3, 0.4) is 0 Å². The number of carbonyl (C=O) groups is 2. The molecule has 0 bridgehead atoms. The summed E-state index contributed by atoms with van der Waals surface area (Å²) in [5, 5.41) is 8.85. The monoisotopic (exact) mass is 319 g/mol. The van der Waals surface area contributed by atoms with Crippen LogP contribution in [-0.2, 0) is 15.7 Å². The maximum Gasteiger partial charge on any atom is 0.416 e. The van der Waals surface area contributed by atoms with E-state index in [0.29, 0.717) is 11.0 Å². The first-order valence-corrected chi connectivity index (χ1v) is 6.30. The Morgan fingerprint density at radius 1 is 1.23 bits per heavy atom. The average Bonchev–Trinajstić information content (AvgIpc) is 2.32. The lowest BCUT2D eigenvalue weighted by Crippen LogP contribution is -2.40. The van der Waals surface area contributed by atoms with Gasteiger partial charge >= 0.3 is 18.2 Å². The maximum atomic E-state index is 12.7. The zero-order valence-corrected chi connectivity index (χ0v) is 12.3. The fraction of sp³-hybridized carbons (Fsp3) is 0.429. The Hall–Kier alpha value is -2.25. The molecule has 5 nitrogen and oxygen atoms in total. The van der Waals surface area contributed by atoms with Crippen molar-refractivity contribution in [2.45, 2.75) is 32.5 Å². The number of carbonyl (C=O) groups excluding carboxylic acids is 1. The van der Waals surface area contributed by atoms with E-state index in [0.717, 1.165) is 12.1 Å². The van der Waals surface area contributed by atoms with E-state index >= 15 is 0 Å². The van der Waals surface area contributed by atoms with E-state index < -0.39 is 35.9 Å². The Morgan fingerprint density at radius 2 is 1.82 bits per heavy atom. The molecule has 0 aliphatic heterocycles. The van der Waals surface area contributed by atoms with Crippen LogP contribution < -0.4 is 4.90 Å². The number of aliphatic carboxylic acids is 1. The molecule has 0 radical (unpaired) electrons. The van der Waals surface area contributed by atoms with Gasteiger partial charge in [0.05, 0.1) is 5.56 Å². The Morgan fingerprint density at radius 3 is 2.27 bits per heavy atom. The molecule has 1 aromatic carbocycles. The number of anilines is 1. The molecule has 1 N–H and O–H groups in total. The summed E-state index contributed by atoms with van der Waals surface area (Å²) in [6, 6.07) is 3.84. The summed E-state index contributed by atoms with van der Waals surface area (Å²) in [7, 11) is 0. The van der Waals surface area contributed by atoms with Gasteiger partial charge in [-0.2, -0.15) is 13.2 Å². The van der Waals surface area contributed by atoms with Crippen molar-refractivity contribution in [1.82, 2.24) is 0 Å². The van der Waals surface area contributed by atoms with Gasteiger partial charge in [-0.05, 0) is 39.0 Å². The predicted molar refractivity (Wildman–Crippen MR) is 72.7 cm³/mol. The van der Waals surface area contributed by atoms with Crippen molar-refractivity contribution in [2.24, 2.45) is 0 Å². The first-order valence-electron chi connectivity index (χ1n) is 6.30. The molecule has 0 aliphatic carbocycles. The highest BCUT2D eigenvalue weighted by Crippen LogP contribution is 2.32. The van der Waals surface area contributed by atoms with Crippen LogP contribution in [0.4, 0.5) is 23.7 Å². The van der Waals surface area contributed by atoms with Gasteiger partial charge in [0.25, 0.3) is 0 Å². The van der Waals surface area contributed by atoms with Crippen molar-refractivity contribution >= 4 is 17.7 Å². The van der Waals surface area contributed by atoms with Crippen LogP contribution in [0, 0.1) is 0 Å². The van der Waals surface area contributed by atoms with Crippen LogP contribution in [0.5, 0.6) is 0 Å². The van der Waals surface area contributed by atoms with Gasteiger partial charge in [0.15, 0.2) is 0 Å². The van der Waals surface area contributed by atoms with Crippen LogP contribution in [0.1, 0.15) is 26.3 Å². The van der Waals surface area contributed by atoms with Crippen molar-refractivity contribution in [3.8, 4) is 0 Å². The highest BCUT2D eigenvalue weighted by atomic mass is 19.4. The molecule has 0 fully saturated rings.